The van der Waals surface area contributed by atoms with E-state index in [1.807, 2.05) is 26.8 Å². The average Bonchev–Trinajstić information content (AvgIpc) is 3.49. The minimum Gasteiger partial charge on any atom is -0.494 e. The molecule has 38 heavy (non-hydrogen) atoms. The molecule has 2 saturated heterocycles. The van der Waals surface area contributed by atoms with Crippen LogP contribution in [0.5, 0.6) is 5.75 Å². The minimum absolute atomic E-state index is 0.296. The quantitative estimate of drug-likeness (QED) is 0.338. The Balaban J connectivity index is 0.00000144. The Hall–Kier alpha value is -3.41. The molecule has 1 amide bonds. The Labute approximate surface area is 229 Å². The van der Waals surface area contributed by atoms with Crippen molar-refractivity contribution in [3.63, 3.8) is 0 Å². The van der Waals surface area contributed by atoms with Crippen molar-refractivity contribution in [1.29, 1.82) is 0 Å². The van der Waals surface area contributed by atoms with Gasteiger partial charge in [-0.15, -0.1) is 0 Å². The van der Waals surface area contributed by atoms with E-state index >= 15 is 0 Å². The largest absolute Gasteiger partial charge is 0.494 e. The number of nitrogens with zero attached hydrogens (tertiary/aromatic N) is 6. The monoisotopic (exact) mass is 552 g/mol. The van der Waals surface area contributed by atoms with E-state index in [1.54, 1.807) is 19.4 Å². The van der Waals surface area contributed by atoms with Crippen LogP contribution in [0.4, 0.5) is 11.1 Å². The molecule has 10 nitrogen and oxygen atoms in total. The number of hydrogen-bond acceptors (Lipinski definition) is 10. The van der Waals surface area contributed by atoms with Crippen molar-refractivity contribution in [2.45, 2.75) is 45.7 Å². The fourth-order valence-corrected chi connectivity index (χ4v) is 5.77. The van der Waals surface area contributed by atoms with Crippen LogP contribution in [0.3, 0.4) is 0 Å². The average molecular weight is 553 g/mol. The minimum atomic E-state index is -0.349. The lowest BCUT2D eigenvalue weighted by Gasteiger charge is -2.32. The van der Waals surface area contributed by atoms with Gasteiger partial charge in [-0.1, -0.05) is 36.8 Å². The number of amides is 1. The van der Waals surface area contributed by atoms with Gasteiger partial charge in [-0.25, -0.2) is 15.0 Å². The van der Waals surface area contributed by atoms with Gasteiger partial charge in [0, 0.05) is 48.2 Å². The first kappa shape index (κ1) is 26.2. The van der Waals surface area contributed by atoms with Crippen LogP contribution in [0.2, 0.25) is 5.15 Å². The zero-order chi connectivity index (χ0) is 26.8. The zero-order valence-corrected chi connectivity index (χ0v) is 23.2. The molecule has 2 unspecified atom stereocenters. The Morgan fingerprint density at radius 3 is 2.58 bits per heavy atom. The maximum Gasteiger partial charge on any atom is 0.259 e. The van der Waals surface area contributed by atoms with Gasteiger partial charge >= 0.3 is 0 Å². The lowest BCUT2D eigenvalue weighted by Crippen LogP contribution is -2.51. The molecule has 4 aromatic rings. The molecule has 2 aliphatic heterocycles. The van der Waals surface area contributed by atoms with E-state index < -0.39 is 0 Å². The zero-order valence-electron chi connectivity index (χ0n) is 21.7. The third-order valence-corrected chi connectivity index (χ3v) is 7.57. The van der Waals surface area contributed by atoms with Crippen molar-refractivity contribution in [2.75, 3.05) is 30.4 Å². The number of thiazole rings is 1. The molecule has 198 valence electrons. The Morgan fingerprint density at radius 1 is 1.08 bits per heavy atom. The highest BCUT2D eigenvalue weighted by molar-refractivity contribution is 7.22. The van der Waals surface area contributed by atoms with Crippen molar-refractivity contribution in [3.05, 3.63) is 47.1 Å². The number of anilines is 2. The summed E-state index contributed by atoms with van der Waals surface area (Å²) in [6.07, 6.45) is 7.16. The predicted octanol–water partition coefficient (Wildman–Crippen LogP) is 4.73. The molecule has 6 rings (SSSR count). The molecule has 4 aromatic heterocycles. The lowest BCUT2D eigenvalue weighted by atomic mass is 10.0. The fourth-order valence-electron chi connectivity index (χ4n) is 4.81. The van der Waals surface area contributed by atoms with Crippen LogP contribution >= 0.6 is 22.9 Å². The van der Waals surface area contributed by atoms with Gasteiger partial charge in [0.25, 0.3) is 5.91 Å². The SMILES string of the molecule is CC.COc1cnc(Cl)cc1-c1cc(C)ncc1C(=O)Nc1nc2cnc(N3CC4CCC(C3)N4)nc2s1. The molecule has 12 heteroatoms. The highest BCUT2D eigenvalue weighted by atomic mass is 35.5. The van der Waals surface area contributed by atoms with E-state index in [0.717, 1.165) is 23.6 Å². The maximum absolute atomic E-state index is 13.3. The van der Waals surface area contributed by atoms with Gasteiger partial charge in [-0.3, -0.25) is 15.1 Å². The van der Waals surface area contributed by atoms with Gasteiger partial charge < -0.3 is 15.0 Å². The molecule has 2 N–H and O–H groups in total. The van der Waals surface area contributed by atoms with Gasteiger partial charge in [0.2, 0.25) is 5.95 Å². The molecule has 6 heterocycles. The first-order valence-electron chi connectivity index (χ1n) is 12.6. The number of ether oxygens (including phenoxy) is 1. The number of pyridine rings is 2. The molecule has 0 radical (unpaired) electrons. The van der Waals surface area contributed by atoms with E-state index in [1.165, 1.54) is 36.6 Å². The first-order chi connectivity index (χ1) is 18.5. The van der Waals surface area contributed by atoms with Gasteiger partial charge in [0.05, 0.1) is 25.1 Å². The number of piperazine rings is 1. The number of hydrogen-bond donors (Lipinski definition) is 2. The van der Waals surface area contributed by atoms with Crippen molar-refractivity contribution in [1.82, 2.24) is 30.2 Å². The van der Waals surface area contributed by atoms with Crippen molar-refractivity contribution < 1.29 is 9.53 Å². The van der Waals surface area contributed by atoms with Crippen LogP contribution in [0.15, 0.2) is 30.7 Å². The van der Waals surface area contributed by atoms with Crippen LogP contribution < -0.4 is 20.3 Å². The van der Waals surface area contributed by atoms with Gasteiger partial charge in [-0.2, -0.15) is 4.98 Å². The van der Waals surface area contributed by atoms with Crippen LogP contribution in [-0.2, 0) is 0 Å². The van der Waals surface area contributed by atoms with E-state index in [9.17, 15) is 4.79 Å². The van der Waals surface area contributed by atoms with Crippen molar-refractivity contribution >= 4 is 50.3 Å². The van der Waals surface area contributed by atoms with E-state index in [4.69, 9.17) is 21.3 Å². The van der Waals surface area contributed by atoms with E-state index in [-0.39, 0.29) is 5.91 Å². The summed E-state index contributed by atoms with van der Waals surface area (Å²) < 4.78 is 5.46. The normalized spacial score (nSPS) is 18.2. The van der Waals surface area contributed by atoms with Crippen LogP contribution in [-0.4, -0.2) is 63.1 Å². The molecule has 2 fully saturated rings. The van der Waals surface area contributed by atoms with Gasteiger partial charge in [-0.05, 0) is 31.9 Å². The maximum atomic E-state index is 13.3. The topological polar surface area (TPSA) is 118 Å². The number of aryl methyl sites for hydroxylation is 1. The van der Waals surface area contributed by atoms with E-state index in [0.29, 0.717) is 56.3 Å². The smallest absolute Gasteiger partial charge is 0.259 e. The summed E-state index contributed by atoms with van der Waals surface area (Å²) in [5.74, 6) is 0.857. The third kappa shape index (κ3) is 5.27. The summed E-state index contributed by atoms with van der Waals surface area (Å²) in [7, 11) is 1.55. The Bertz CT molecular complexity index is 1470. The van der Waals surface area contributed by atoms with Crippen LogP contribution in [0.1, 0.15) is 42.7 Å². The summed E-state index contributed by atoms with van der Waals surface area (Å²) in [6, 6.07) is 4.47. The summed E-state index contributed by atoms with van der Waals surface area (Å²) in [5.41, 5.74) is 3.04. The molecular formula is C26H29ClN8O2S. The van der Waals surface area contributed by atoms with Crippen LogP contribution in [0.25, 0.3) is 21.5 Å². The number of rotatable bonds is 5. The molecule has 0 aromatic carbocycles. The third-order valence-electron chi connectivity index (χ3n) is 6.49. The molecule has 0 saturated carbocycles. The Kier molecular flexibility index (Phi) is 7.68. The van der Waals surface area contributed by atoms with E-state index in [2.05, 4.69) is 35.5 Å². The number of fused-ring (bicyclic) bond motifs is 3. The lowest BCUT2D eigenvalue weighted by molar-refractivity contribution is 0.102. The van der Waals surface area contributed by atoms with Gasteiger partial charge in [0.1, 0.15) is 16.4 Å². The summed E-state index contributed by atoms with van der Waals surface area (Å²) in [6.45, 7) is 7.65. The van der Waals surface area contributed by atoms with Crippen LogP contribution in [0, 0.1) is 6.92 Å². The molecule has 2 aliphatic rings. The second kappa shape index (κ2) is 11.1. The van der Waals surface area contributed by atoms with Crippen molar-refractivity contribution in [2.24, 2.45) is 0 Å². The number of methoxy groups -OCH3 is 1. The summed E-state index contributed by atoms with van der Waals surface area (Å²) in [5, 5.41) is 7.25. The molecule has 2 bridgehead atoms. The second-order valence-electron chi connectivity index (χ2n) is 8.95. The summed E-state index contributed by atoms with van der Waals surface area (Å²) in [4.78, 5) is 38.5. The fraction of sp³-hybridized carbons (Fsp3) is 0.385. The molecular weight excluding hydrogens is 524 g/mol. The highest BCUT2D eigenvalue weighted by Crippen LogP contribution is 2.35. The predicted molar refractivity (Wildman–Crippen MR) is 150 cm³/mol. The number of halogens is 1. The van der Waals surface area contributed by atoms with Crippen molar-refractivity contribution in [3.8, 4) is 16.9 Å². The summed E-state index contributed by atoms with van der Waals surface area (Å²) >= 11 is 7.47. The number of carbonyl (C=O) groups is 1. The molecule has 2 atom stereocenters. The molecule has 0 spiro atoms. The number of carbonyl (C=O) groups excluding carboxylic acids is 1. The standard InChI is InChI=1S/C24H23ClN8O2S.C2H6/c1-12-5-15(16-6-20(25)27-9-19(16)35-2)17(7-26-12)21(34)31-24-30-18-8-28-23(32-22(18)36-24)33-10-13-3-4-14(11-33)29-13;1-2/h5-9,13-14,29H,3-4,10-11H2,1-2H3,(H,30,31,34);1-2H3. The molecule has 0 aliphatic carbocycles. The Morgan fingerprint density at radius 2 is 1.84 bits per heavy atom. The van der Waals surface area contributed by atoms with Gasteiger partial charge in [0.15, 0.2) is 9.96 Å². The highest BCUT2D eigenvalue weighted by Gasteiger charge is 2.33. The number of nitrogens with one attached hydrogen (secondary N) is 2. The first-order valence-corrected chi connectivity index (χ1v) is 13.8. The number of aromatic nitrogens is 5. The second-order valence-corrected chi connectivity index (χ2v) is 10.3.